The highest BCUT2D eigenvalue weighted by Crippen LogP contribution is 2.40. The number of aryl methyl sites for hydroxylation is 1. The van der Waals surface area contributed by atoms with Crippen LogP contribution in [-0.4, -0.2) is 30.8 Å². The third-order valence-corrected chi connectivity index (χ3v) is 4.73. The van der Waals surface area contributed by atoms with Crippen molar-refractivity contribution >= 4 is 11.6 Å². The summed E-state index contributed by atoms with van der Waals surface area (Å²) in [5, 5.41) is 0. The van der Waals surface area contributed by atoms with Crippen LogP contribution < -0.4 is 10.6 Å². The van der Waals surface area contributed by atoms with E-state index in [2.05, 4.69) is 48.0 Å². The van der Waals surface area contributed by atoms with Gasteiger partial charge < -0.3 is 15.4 Å². The molecule has 3 rings (SSSR count). The molecule has 0 radical (unpaired) electrons. The molecule has 2 N–H and O–H groups in total. The van der Waals surface area contributed by atoms with E-state index in [4.69, 9.17) is 10.5 Å². The Morgan fingerprint density at radius 3 is 3.00 bits per heavy atom. The molecular weight excluding hydrogens is 262 g/mol. The molecule has 1 fully saturated rings. The minimum Gasteiger partial charge on any atom is -0.378 e. The molecule has 2 unspecified atom stereocenters. The molecule has 1 saturated heterocycles. The first kappa shape index (κ1) is 14.4. The Hall–Kier alpha value is -1.55. The fourth-order valence-corrected chi connectivity index (χ4v) is 3.66. The summed E-state index contributed by atoms with van der Waals surface area (Å²) < 4.78 is 5.94. The van der Waals surface area contributed by atoms with E-state index >= 15 is 0 Å². The van der Waals surface area contributed by atoms with E-state index < -0.39 is 0 Å². The Morgan fingerprint density at radius 2 is 2.24 bits per heavy atom. The zero-order valence-electron chi connectivity index (χ0n) is 13.0. The highest BCUT2D eigenvalue weighted by Gasteiger charge is 2.46. The van der Waals surface area contributed by atoms with Gasteiger partial charge in [-0.2, -0.15) is 0 Å². The first-order valence-electron chi connectivity index (χ1n) is 7.94. The van der Waals surface area contributed by atoms with Gasteiger partial charge in [-0.15, -0.1) is 0 Å². The molecule has 2 aliphatic heterocycles. The van der Waals surface area contributed by atoms with Crippen LogP contribution in [0.5, 0.6) is 0 Å². The van der Waals surface area contributed by atoms with Gasteiger partial charge >= 0.3 is 0 Å². The van der Waals surface area contributed by atoms with Crippen molar-refractivity contribution in [3.8, 4) is 0 Å². The zero-order chi connectivity index (χ0) is 14.9. The van der Waals surface area contributed by atoms with Crippen molar-refractivity contribution in [1.82, 2.24) is 0 Å². The number of hydrogen-bond acceptors (Lipinski definition) is 4. The third kappa shape index (κ3) is 2.53. The molecule has 0 aromatic heterocycles. The number of guanidine groups is 1. The summed E-state index contributed by atoms with van der Waals surface area (Å²) in [5.41, 5.74) is 8.68. The van der Waals surface area contributed by atoms with Gasteiger partial charge in [0, 0.05) is 12.3 Å². The predicted octanol–water partition coefficient (Wildman–Crippen LogP) is 2.85. The predicted molar refractivity (Wildman–Crippen MR) is 86.8 cm³/mol. The third-order valence-electron chi connectivity index (χ3n) is 4.73. The van der Waals surface area contributed by atoms with E-state index in [1.165, 1.54) is 11.3 Å². The van der Waals surface area contributed by atoms with Crippen molar-refractivity contribution in [3.63, 3.8) is 0 Å². The summed E-state index contributed by atoms with van der Waals surface area (Å²) in [4.78, 5) is 6.84. The van der Waals surface area contributed by atoms with E-state index in [1.807, 2.05) is 0 Å². The molecule has 0 saturated carbocycles. The highest BCUT2D eigenvalue weighted by atomic mass is 16.5. The van der Waals surface area contributed by atoms with E-state index in [-0.39, 0.29) is 5.54 Å². The van der Waals surface area contributed by atoms with Gasteiger partial charge in [-0.25, -0.2) is 0 Å². The Labute approximate surface area is 127 Å². The summed E-state index contributed by atoms with van der Waals surface area (Å²) in [6.07, 6.45) is 4.60. The fraction of sp³-hybridized carbons (Fsp3) is 0.588. The van der Waals surface area contributed by atoms with Crippen molar-refractivity contribution in [2.45, 2.75) is 51.2 Å². The van der Waals surface area contributed by atoms with Crippen LogP contribution >= 0.6 is 0 Å². The second-order valence-corrected chi connectivity index (χ2v) is 6.26. The topological polar surface area (TPSA) is 50.9 Å². The number of nitrogens with two attached hydrogens (primary N) is 1. The van der Waals surface area contributed by atoms with Gasteiger partial charge in [0.1, 0.15) is 0 Å². The summed E-state index contributed by atoms with van der Waals surface area (Å²) >= 11 is 0. The van der Waals surface area contributed by atoms with Crippen molar-refractivity contribution < 1.29 is 4.74 Å². The number of benzene rings is 1. The lowest BCUT2D eigenvalue weighted by Crippen LogP contribution is -2.56. The molecule has 1 aromatic rings. The monoisotopic (exact) mass is 287 g/mol. The second-order valence-electron chi connectivity index (χ2n) is 6.26. The standard InChI is InChI=1S/C17H25N3O/c1-3-6-14-11-17(9-10-21-14)12-19-16(18)20(17)15-8-5-4-7-13(15)2/h4-5,7-8,14H,3,6,9-12H2,1-2H3,(H2,18,19). The molecule has 4 nitrogen and oxygen atoms in total. The number of anilines is 1. The number of hydrogen-bond donors (Lipinski definition) is 1. The van der Waals surface area contributed by atoms with E-state index in [9.17, 15) is 0 Å². The van der Waals surface area contributed by atoms with Crippen molar-refractivity contribution in [2.24, 2.45) is 10.7 Å². The Balaban J connectivity index is 1.93. The molecule has 4 heteroatoms. The molecule has 0 aliphatic carbocycles. The summed E-state index contributed by atoms with van der Waals surface area (Å²) in [5.74, 6) is 0.654. The van der Waals surface area contributed by atoms with E-state index in [0.29, 0.717) is 12.1 Å². The number of aliphatic imine (C=N–C) groups is 1. The smallest absolute Gasteiger partial charge is 0.196 e. The van der Waals surface area contributed by atoms with Crippen LogP contribution in [0.4, 0.5) is 5.69 Å². The van der Waals surface area contributed by atoms with Crippen molar-refractivity contribution in [2.75, 3.05) is 18.1 Å². The van der Waals surface area contributed by atoms with Crippen LogP contribution in [0.1, 0.15) is 38.2 Å². The number of nitrogens with zero attached hydrogens (tertiary/aromatic N) is 2. The average molecular weight is 287 g/mol. The molecule has 1 aromatic carbocycles. The van der Waals surface area contributed by atoms with Crippen LogP contribution in [0.15, 0.2) is 29.3 Å². The normalized spacial score (nSPS) is 29.0. The van der Waals surface area contributed by atoms with Crippen molar-refractivity contribution in [1.29, 1.82) is 0 Å². The molecule has 2 aliphatic rings. The minimum absolute atomic E-state index is 0.00822. The van der Waals surface area contributed by atoms with Crippen LogP contribution in [0, 0.1) is 6.92 Å². The second kappa shape index (κ2) is 5.68. The molecule has 0 bridgehead atoms. The molecule has 1 spiro atoms. The molecule has 21 heavy (non-hydrogen) atoms. The lowest BCUT2D eigenvalue weighted by Gasteiger charge is -2.45. The van der Waals surface area contributed by atoms with E-state index in [0.717, 1.165) is 38.8 Å². The van der Waals surface area contributed by atoms with Gasteiger partial charge in [-0.3, -0.25) is 4.99 Å². The van der Waals surface area contributed by atoms with E-state index in [1.54, 1.807) is 0 Å². The first-order chi connectivity index (χ1) is 10.2. The SMILES string of the molecule is CCCC1CC2(CCO1)CN=C(N)N2c1ccccc1C. The lowest BCUT2D eigenvalue weighted by molar-refractivity contribution is -0.0180. The van der Waals surface area contributed by atoms with Crippen LogP contribution in [0.3, 0.4) is 0 Å². The number of rotatable bonds is 3. The van der Waals surface area contributed by atoms with Crippen molar-refractivity contribution in [3.05, 3.63) is 29.8 Å². The Kier molecular flexibility index (Phi) is 3.89. The highest BCUT2D eigenvalue weighted by molar-refractivity contribution is 5.99. The first-order valence-corrected chi connectivity index (χ1v) is 7.94. The summed E-state index contributed by atoms with van der Waals surface area (Å²) in [6.45, 7) is 5.94. The fourth-order valence-electron chi connectivity index (χ4n) is 3.66. The van der Waals surface area contributed by atoms with Crippen LogP contribution in [0.2, 0.25) is 0 Å². The maximum absolute atomic E-state index is 6.24. The molecule has 114 valence electrons. The number of ether oxygens (including phenoxy) is 1. The molecular formula is C17H25N3O. The summed E-state index contributed by atoms with van der Waals surface area (Å²) in [7, 11) is 0. The maximum atomic E-state index is 6.24. The van der Waals surface area contributed by atoms with Gasteiger partial charge in [-0.1, -0.05) is 31.5 Å². The van der Waals surface area contributed by atoms with Gasteiger partial charge in [0.15, 0.2) is 5.96 Å². The van der Waals surface area contributed by atoms with Crippen LogP contribution in [-0.2, 0) is 4.74 Å². The quantitative estimate of drug-likeness (QED) is 0.930. The Bertz CT molecular complexity index is 541. The number of para-hydroxylation sites is 1. The van der Waals surface area contributed by atoms with Gasteiger partial charge in [0.25, 0.3) is 0 Å². The zero-order valence-corrected chi connectivity index (χ0v) is 13.0. The Morgan fingerprint density at radius 1 is 1.43 bits per heavy atom. The minimum atomic E-state index is 0.00822. The molecule has 2 atom stereocenters. The average Bonchev–Trinajstić information content (AvgIpc) is 2.77. The van der Waals surface area contributed by atoms with Gasteiger partial charge in [-0.05, 0) is 37.8 Å². The van der Waals surface area contributed by atoms with Crippen LogP contribution in [0.25, 0.3) is 0 Å². The van der Waals surface area contributed by atoms with Gasteiger partial charge in [0.2, 0.25) is 0 Å². The molecule has 0 amide bonds. The lowest BCUT2D eigenvalue weighted by atomic mass is 9.84. The van der Waals surface area contributed by atoms with Gasteiger partial charge in [0.05, 0.1) is 18.2 Å². The maximum Gasteiger partial charge on any atom is 0.196 e. The summed E-state index contributed by atoms with van der Waals surface area (Å²) in [6, 6.07) is 8.43. The molecule has 2 heterocycles. The largest absolute Gasteiger partial charge is 0.378 e.